The van der Waals surface area contributed by atoms with Crippen LogP contribution in [0.5, 0.6) is 0 Å². The Bertz CT molecular complexity index is 1410. The third-order valence-corrected chi connectivity index (χ3v) is 10.9. The minimum atomic E-state index is -0.811. The number of amides is 4. The van der Waals surface area contributed by atoms with Crippen LogP contribution in [0.1, 0.15) is 44.2 Å². The van der Waals surface area contributed by atoms with E-state index in [-0.39, 0.29) is 42.6 Å². The number of carbonyl (C=O) groups excluding carboxylic acids is 4. The fraction of sp³-hybridized carbons (Fsp3) is 0.438. The molecule has 5 atom stereocenters. The normalized spacial score (nSPS) is 34.5. The first-order chi connectivity index (χ1) is 19.1. The van der Waals surface area contributed by atoms with E-state index in [0.717, 1.165) is 35.1 Å². The summed E-state index contributed by atoms with van der Waals surface area (Å²) >= 11 is 12.1. The highest BCUT2D eigenvalue weighted by atomic mass is 35.5. The number of halogens is 2. The first-order valence-electron chi connectivity index (χ1n) is 14.0. The Hall–Kier alpha value is -2.96. The molecule has 5 unspecified atom stereocenters. The van der Waals surface area contributed by atoms with Gasteiger partial charge in [0.2, 0.25) is 23.6 Å². The molecule has 4 aliphatic carbocycles. The van der Waals surface area contributed by atoms with Crippen LogP contribution < -0.4 is 0 Å². The number of imide groups is 2. The lowest BCUT2D eigenvalue weighted by Gasteiger charge is -2.61. The van der Waals surface area contributed by atoms with Gasteiger partial charge in [0.1, 0.15) is 0 Å². The van der Waals surface area contributed by atoms with Crippen LogP contribution in [0.15, 0.2) is 59.7 Å². The molecule has 2 bridgehead atoms. The monoisotopic (exact) mass is 576 g/mol. The molecule has 6 nitrogen and oxygen atoms in total. The summed E-state index contributed by atoms with van der Waals surface area (Å²) in [6, 6.07) is 14.3. The molecule has 4 fully saturated rings. The maximum atomic E-state index is 14.3. The second-order valence-electron chi connectivity index (χ2n) is 12.4. The summed E-state index contributed by atoms with van der Waals surface area (Å²) in [7, 11) is 0. The molecular weight excluding hydrogens is 547 g/mol. The van der Waals surface area contributed by atoms with E-state index < -0.39 is 35.0 Å². The molecule has 2 heterocycles. The van der Waals surface area contributed by atoms with Gasteiger partial charge >= 0.3 is 0 Å². The van der Waals surface area contributed by atoms with Gasteiger partial charge in [-0.05, 0) is 67.5 Å². The largest absolute Gasteiger partial charge is 0.278 e. The van der Waals surface area contributed by atoms with E-state index in [1.807, 2.05) is 31.2 Å². The standard InChI is InChI=1S/C32H30Cl2N2O4/c1-16-3-12-22-17(2)23-24-26(30(39)35(28(24)37)14-18-4-8-20(33)9-5-18)32(22,13-16)27-25(23)29(38)36(31(27)40)15-19-6-10-21(34)11-7-19/h4-11,16,23-27H,3,12-15H2,1-2H3. The molecule has 1 spiro atoms. The highest BCUT2D eigenvalue weighted by molar-refractivity contribution is 6.30. The number of likely N-dealkylation sites (tertiary alicyclic amines) is 2. The van der Waals surface area contributed by atoms with Crippen molar-refractivity contribution in [2.45, 2.75) is 46.2 Å². The summed E-state index contributed by atoms with van der Waals surface area (Å²) < 4.78 is 0. The highest BCUT2D eigenvalue weighted by Crippen LogP contribution is 2.72. The number of hydrogen-bond acceptors (Lipinski definition) is 4. The van der Waals surface area contributed by atoms with Gasteiger partial charge in [-0.25, -0.2) is 0 Å². The van der Waals surface area contributed by atoms with Crippen molar-refractivity contribution in [3.8, 4) is 0 Å². The Kier molecular flexibility index (Phi) is 5.86. The van der Waals surface area contributed by atoms with Gasteiger partial charge in [-0.2, -0.15) is 0 Å². The van der Waals surface area contributed by atoms with Crippen LogP contribution in [0.2, 0.25) is 10.0 Å². The van der Waals surface area contributed by atoms with Crippen molar-refractivity contribution in [3.63, 3.8) is 0 Å². The molecule has 40 heavy (non-hydrogen) atoms. The van der Waals surface area contributed by atoms with E-state index in [9.17, 15) is 19.2 Å². The minimum absolute atomic E-state index is 0.161. The third kappa shape index (κ3) is 3.41. The second-order valence-corrected chi connectivity index (χ2v) is 13.2. The van der Waals surface area contributed by atoms with Gasteiger partial charge in [0.15, 0.2) is 0 Å². The number of hydrogen-bond donors (Lipinski definition) is 0. The Morgan fingerprint density at radius 2 is 1.18 bits per heavy atom. The lowest BCUT2D eigenvalue weighted by molar-refractivity contribution is -0.154. The molecule has 2 aliphatic heterocycles. The Morgan fingerprint density at radius 3 is 1.62 bits per heavy atom. The molecule has 2 aromatic carbocycles. The molecule has 206 valence electrons. The molecule has 0 aromatic heterocycles. The van der Waals surface area contributed by atoms with Gasteiger partial charge in [-0.1, -0.05) is 65.5 Å². The summed E-state index contributed by atoms with van der Waals surface area (Å²) in [5.41, 5.74) is 3.03. The fourth-order valence-corrected chi connectivity index (χ4v) is 9.19. The van der Waals surface area contributed by atoms with Gasteiger partial charge in [0.25, 0.3) is 0 Å². The van der Waals surface area contributed by atoms with Crippen molar-refractivity contribution >= 4 is 46.8 Å². The number of carbonyl (C=O) groups is 4. The number of rotatable bonds is 4. The average Bonchev–Trinajstić information content (AvgIpc) is 3.33. The summed E-state index contributed by atoms with van der Waals surface area (Å²) in [5, 5.41) is 1.17. The molecule has 0 N–H and O–H groups in total. The Morgan fingerprint density at radius 1 is 0.725 bits per heavy atom. The first-order valence-corrected chi connectivity index (χ1v) is 14.8. The third-order valence-electron chi connectivity index (χ3n) is 10.4. The average molecular weight is 578 g/mol. The van der Waals surface area contributed by atoms with Crippen LogP contribution in [-0.2, 0) is 32.3 Å². The zero-order valence-electron chi connectivity index (χ0n) is 22.4. The zero-order chi connectivity index (χ0) is 28.1. The van der Waals surface area contributed by atoms with Crippen LogP contribution in [0.4, 0.5) is 0 Å². The number of nitrogens with zero attached hydrogens (tertiary/aromatic N) is 2. The van der Waals surface area contributed by atoms with E-state index >= 15 is 0 Å². The molecule has 2 aromatic rings. The maximum Gasteiger partial charge on any atom is 0.234 e. The zero-order valence-corrected chi connectivity index (χ0v) is 23.9. The summed E-state index contributed by atoms with van der Waals surface area (Å²) in [5.74, 6) is -3.51. The molecule has 8 rings (SSSR count). The van der Waals surface area contributed by atoms with Crippen molar-refractivity contribution in [3.05, 3.63) is 80.8 Å². The van der Waals surface area contributed by atoms with E-state index in [0.29, 0.717) is 16.5 Å². The van der Waals surface area contributed by atoms with Crippen LogP contribution in [0.3, 0.4) is 0 Å². The molecular formula is C32H30Cl2N2O4. The van der Waals surface area contributed by atoms with Crippen molar-refractivity contribution in [1.29, 1.82) is 0 Å². The lowest BCUT2D eigenvalue weighted by atomic mass is 9.39. The van der Waals surface area contributed by atoms with Gasteiger partial charge in [-0.15, -0.1) is 0 Å². The van der Waals surface area contributed by atoms with E-state index in [1.165, 1.54) is 9.80 Å². The summed E-state index contributed by atoms with van der Waals surface area (Å²) in [4.78, 5) is 59.6. The Balaban J connectivity index is 1.32. The van der Waals surface area contributed by atoms with E-state index in [4.69, 9.17) is 23.2 Å². The topological polar surface area (TPSA) is 74.8 Å². The minimum Gasteiger partial charge on any atom is -0.278 e. The summed E-state index contributed by atoms with van der Waals surface area (Å²) in [6.45, 7) is 4.52. The molecule has 0 radical (unpaired) electrons. The predicted molar refractivity (Wildman–Crippen MR) is 150 cm³/mol. The smallest absolute Gasteiger partial charge is 0.234 e. The maximum absolute atomic E-state index is 14.3. The second kappa shape index (κ2) is 9.02. The van der Waals surface area contributed by atoms with E-state index in [1.54, 1.807) is 24.3 Å². The van der Waals surface area contributed by atoms with Gasteiger partial charge in [-0.3, -0.25) is 29.0 Å². The van der Waals surface area contributed by atoms with Crippen molar-refractivity contribution < 1.29 is 19.2 Å². The molecule has 4 amide bonds. The molecule has 8 heteroatoms. The fourth-order valence-electron chi connectivity index (χ4n) is 8.94. The van der Waals surface area contributed by atoms with Gasteiger partial charge in [0, 0.05) is 21.4 Å². The lowest BCUT2D eigenvalue weighted by Crippen LogP contribution is -2.62. The molecule has 6 aliphatic rings. The number of benzene rings is 2. The first kappa shape index (κ1) is 26.0. The van der Waals surface area contributed by atoms with Gasteiger partial charge in [0.05, 0.1) is 36.8 Å². The van der Waals surface area contributed by atoms with E-state index in [2.05, 4.69) is 6.92 Å². The quantitative estimate of drug-likeness (QED) is 0.347. The van der Waals surface area contributed by atoms with Crippen LogP contribution >= 0.6 is 23.2 Å². The van der Waals surface area contributed by atoms with Crippen LogP contribution in [-0.4, -0.2) is 33.4 Å². The summed E-state index contributed by atoms with van der Waals surface area (Å²) in [6.07, 6.45) is 2.41. The SMILES string of the molecule is CC1=C2CCC(C)CC23C2C(=O)N(Cc4ccc(Cl)cc4)C(=O)C2C1C1C(=O)N(Cc2ccc(Cl)cc2)C(=O)C13. The Labute approximate surface area is 243 Å². The number of allylic oxidation sites excluding steroid dienone is 2. The van der Waals surface area contributed by atoms with Crippen molar-refractivity contribution in [1.82, 2.24) is 9.80 Å². The predicted octanol–water partition coefficient (Wildman–Crippen LogP) is 5.66. The van der Waals surface area contributed by atoms with Gasteiger partial charge < -0.3 is 0 Å². The molecule has 2 saturated carbocycles. The van der Waals surface area contributed by atoms with Crippen molar-refractivity contribution in [2.75, 3.05) is 0 Å². The van der Waals surface area contributed by atoms with Crippen molar-refractivity contribution in [2.24, 2.45) is 40.9 Å². The highest BCUT2D eigenvalue weighted by Gasteiger charge is 2.77. The van der Waals surface area contributed by atoms with Crippen LogP contribution in [0, 0.1) is 40.9 Å². The molecule has 2 saturated heterocycles. The van der Waals surface area contributed by atoms with Crippen LogP contribution in [0.25, 0.3) is 0 Å².